The molecule has 0 radical (unpaired) electrons. The molecule has 0 fully saturated rings. The van der Waals surface area contributed by atoms with Crippen LogP contribution in [0.3, 0.4) is 0 Å². The molecule has 0 spiro atoms. The van der Waals surface area contributed by atoms with Gasteiger partial charge in [0.25, 0.3) is 0 Å². The number of methoxy groups -OCH3 is 2. The van der Waals surface area contributed by atoms with Crippen molar-refractivity contribution >= 4 is 22.2 Å². The van der Waals surface area contributed by atoms with Gasteiger partial charge in [-0.15, -0.1) is 0 Å². The van der Waals surface area contributed by atoms with Crippen LogP contribution >= 0.6 is 15.9 Å². The van der Waals surface area contributed by atoms with Crippen molar-refractivity contribution in [2.75, 3.05) is 14.2 Å². The molecule has 0 saturated carbocycles. The first-order chi connectivity index (χ1) is 6.65. The van der Waals surface area contributed by atoms with Crippen LogP contribution in [0.1, 0.15) is 15.9 Å². The average molecular weight is 259 g/mol. The van der Waals surface area contributed by atoms with Crippen LogP contribution in [0.2, 0.25) is 0 Å². The number of benzene rings is 1. The maximum Gasteiger partial charge on any atom is 0.151 e. The van der Waals surface area contributed by atoms with E-state index < -0.39 is 0 Å². The third-order valence-corrected chi connectivity index (χ3v) is 2.82. The van der Waals surface area contributed by atoms with Crippen molar-refractivity contribution in [3.05, 3.63) is 21.7 Å². The van der Waals surface area contributed by atoms with Gasteiger partial charge in [0.1, 0.15) is 11.5 Å². The molecule has 1 aromatic carbocycles. The van der Waals surface area contributed by atoms with Crippen LogP contribution in [0.5, 0.6) is 11.5 Å². The summed E-state index contributed by atoms with van der Waals surface area (Å²) in [5.74, 6) is 1.28. The summed E-state index contributed by atoms with van der Waals surface area (Å²) in [6, 6.07) is 1.68. The minimum atomic E-state index is 0.518. The van der Waals surface area contributed by atoms with E-state index in [9.17, 15) is 4.79 Å². The summed E-state index contributed by atoms with van der Waals surface area (Å²) in [4.78, 5) is 10.7. The second-order valence-electron chi connectivity index (χ2n) is 2.76. The highest BCUT2D eigenvalue weighted by molar-refractivity contribution is 9.10. The van der Waals surface area contributed by atoms with Crippen molar-refractivity contribution in [1.29, 1.82) is 0 Å². The van der Waals surface area contributed by atoms with Crippen LogP contribution < -0.4 is 9.47 Å². The third kappa shape index (κ3) is 1.75. The molecule has 0 amide bonds. The summed E-state index contributed by atoms with van der Waals surface area (Å²) in [7, 11) is 3.12. The lowest BCUT2D eigenvalue weighted by Gasteiger charge is -2.12. The Morgan fingerprint density at radius 3 is 2.43 bits per heavy atom. The second-order valence-corrected chi connectivity index (χ2v) is 3.55. The van der Waals surface area contributed by atoms with Gasteiger partial charge in [-0.2, -0.15) is 0 Å². The van der Waals surface area contributed by atoms with Crippen LogP contribution in [-0.4, -0.2) is 20.5 Å². The molecular weight excluding hydrogens is 248 g/mol. The molecule has 0 heterocycles. The molecule has 0 aliphatic rings. The van der Waals surface area contributed by atoms with Gasteiger partial charge in [0, 0.05) is 11.1 Å². The van der Waals surface area contributed by atoms with Crippen molar-refractivity contribution in [2.45, 2.75) is 6.92 Å². The monoisotopic (exact) mass is 258 g/mol. The Hall–Kier alpha value is -1.03. The maximum atomic E-state index is 10.7. The van der Waals surface area contributed by atoms with E-state index in [1.165, 1.54) is 0 Å². The Labute approximate surface area is 91.1 Å². The van der Waals surface area contributed by atoms with E-state index in [1.807, 2.05) is 6.92 Å². The quantitative estimate of drug-likeness (QED) is 0.782. The van der Waals surface area contributed by atoms with E-state index in [-0.39, 0.29) is 0 Å². The largest absolute Gasteiger partial charge is 0.496 e. The fraction of sp³-hybridized carbons (Fsp3) is 0.300. The fourth-order valence-electron chi connectivity index (χ4n) is 1.26. The summed E-state index contributed by atoms with van der Waals surface area (Å²) < 4.78 is 11.0. The maximum absolute atomic E-state index is 10.7. The lowest BCUT2D eigenvalue weighted by Crippen LogP contribution is -1.96. The minimum absolute atomic E-state index is 0.518. The summed E-state index contributed by atoms with van der Waals surface area (Å²) in [5, 5.41) is 0. The van der Waals surface area contributed by atoms with Gasteiger partial charge in [-0.05, 0) is 28.9 Å². The highest BCUT2D eigenvalue weighted by atomic mass is 79.9. The highest BCUT2D eigenvalue weighted by Crippen LogP contribution is 2.37. The predicted molar refractivity (Wildman–Crippen MR) is 57.4 cm³/mol. The smallest absolute Gasteiger partial charge is 0.151 e. The molecule has 1 rings (SSSR count). The number of hydrogen-bond donors (Lipinski definition) is 0. The zero-order chi connectivity index (χ0) is 10.7. The number of carbonyl (C=O) groups excluding carboxylic acids is 1. The number of halogens is 1. The zero-order valence-corrected chi connectivity index (χ0v) is 9.84. The molecule has 0 unspecified atom stereocenters. The molecule has 0 N–H and O–H groups in total. The summed E-state index contributed by atoms with van der Waals surface area (Å²) in [6.07, 6.45) is 0.758. The van der Waals surface area contributed by atoms with Crippen LogP contribution in [0.4, 0.5) is 0 Å². The molecule has 76 valence electrons. The van der Waals surface area contributed by atoms with Gasteiger partial charge in [-0.25, -0.2) is 0 Å². The number of ether oxygens (including phenoxy) is 2. The standard InChI is InChI=1S/C10H11BrO3/c1-6-8(13-2)4-7(5-12)9(11)10(6)14-3/h4-5H,1-3H3. The SMILES string of the molecule is COc1cc(C=O)c(Br)c(OC)c1C. The lowest BCUT2D eigenvalue weighted by molar-refractivity contribution is 0.112. The first kappa shape index (κ1) is 11.0. The average Bonchev–Trinajstić information content (AvgIpc) is 2.19. The van der Waals surface area contributed by atoms with Gasteiger partial charge in [0.15, 0.2) is 6.29 Å². The van der Waals surface area contributed by atoms with E-state index in [1.54, 1.807) is 20.3 Å². The molecule has 0 saturated heterocycles. The zero-order valence-electron chi connectivity index (χ0n) is 8.26. The van der Waals surface area contributed by atoms with Crippen molar-refractivity contribution < 1.29 is 14.3 Å². The molecule has 1 aromatic rings. The highest BCUT2D eigenvalue weighted by Gasteiger charge is 2.14. The summed E-state index contributed by atoms with van der Waals surface area (Å²) >= 11 is 3.30. The molecule has 0 aliphatic carbocycles. The Morgan fingerprint density at radius 1 is 1.36 bits per heavy atom. The van der Waals surface area contributed by atoms with Crippen LogP contribution in [0.15, 0.2) is 10.5 Å². The Morgan fingerprint density at radius 2 is 2.00 bits per heavy atom. The topological polar surface area (TPSA) is 35.5 Å². The molecule has 3 nitrogen and oxygen atoms in total. The van der Waals surface area contributed by atoms with E-state index in [2.05, 4.69) is 15.9 Å². The van der Waals surface area contributed by atoms with E-state index in [4.69, 9.17) is 9.47 Å². The Bertz CT molecular complexity index is 361. The molecule has 0 aromatic heterocycles. The summed E-state index contributed by atoms with van der Waals surface area (Å²) in [6.45, 7) is 1.87. The van der Waals surface area contributed by atoms with Crippen LogP contribution in [-0.2, 0) is 0 Å². The van der Waals surface area contributed by atoms with Crippen molar-refractivity contribution in [3.8, 4) is 11.5 Å². The first-order valence-electron chi connectivity index (χ1n) is 4.02. The molecular formula is C10H11BrO3. The predicted octanol–water partition coefficient (Wildman–Crippen LogP) is 2.59. The molecule has 0 aliphatic heterocycles. The van der Waals surface area contributed by atoms with Crippen molar-refractivity contribution in [3.63, 3.8) is 0 Å². The lowest BCUT2D eigenvalue weighted by atomic mass is 10.1. The number of hydrogen-bond acceptors (Lipinski definition) is 3. The second kappa shape index (κ2) is 4.46. The van der Waals surface area contributed by atoms with Crippen molar-refractivity contribution in [1.82, 2.24) is 0 Å². The van der Waals surface area contributed by atoms with Gasteiger partial charge < -0.3 is 9.47 Å². The van der Waals surface area contributed by atoms with E-state index in [0.717, 1.165) is 11.8 Å². The van der Waals surface area contributed by atoms with E-state index >= 15 is 0 Å². The van der Waals surface area contributed by atoms with Gasteiger partial charge in [0.2, 0.25) is 0 Å². The van der Waals surface area contributed by atoms with Crippen LogP contribution in [0.25, 0.3) is 0 Å². The van der Waals surface area contributed by atoms with Gasteiger partial charge in [-0.1, -0.05) is 0 Å². The number of aldehydes is 1. The van der Waals surface area contributed by atoms with Gasteiger partial charge >= 0.3 is 0 Å². The third-order valence-electron chi connectivity index (χ3n) is 2.00. The molecule has 4 heteroatoms. The first-order valence-corrected chi connectivity index (χ1v) is 4.81. The molecule has 0 atom stereocenters. The number of rotatable bonds is 3. The fourth-order valence-corrected chi connectivity index (χ4v) is 1.93. The summed E-state index contributed by atoms with van der Waals surface area (Å²) in [5.41, 5.74) is 1.39. The van der Waals surface area contributed by atoms with E-state index in [0.29, 0.717) is 21.5 Å². The van der Waals surface area contributed by atoms with Crippen molar-refractivity contribution in [2.24, 2.45) is 0 Å². The Balaban J connectivity index is 3.46. The van der Waals surface area contributed by atoms with Crippen LogP contribution in [0, 0.1) is 6.92 Å². The Kier molecular flexibility index (Phi) is 3.52. The molecule has 0 bridgehead atoms. The number of carbonyl (C=O) groups is 1. The minimum Gasteiger partial charge on any atom is -0.496 e. The van der Waals surface area contributed by atoms with Gasteiger partial charge in [-0.3, -0.25) is 4.79 Å². The van der Waals surface area contributed by atoms with Gasteiger partial charge in [0.05, 0.1) is 18.7 Å². The normalized spacial score (nSPS) is 9.71. The molecule has 14 heavy (non-hydrogen) atoms.